The third-order valence-electron chi connectivity index (χ3n) is 5.09. The zero-order chi connectivity index (χ0) is 24.7. The fraction of sp³-hybridized carbons (Fsp3) is 0.261. The van der Waals surface area contributed by atoms with Crippen molar-refractivity contribution in [3.8, 4) is 11.9 Å². The van der Waals surface area contributed by atoms with Crippen LogP contribution >= 0.6 is 12.2 Å². The lowest BCUT2D eigenvalue weighted by molar-refractivity contribution is 0.353. The normalized spacial score (nSPS) is 11.9. The smallest absolute Gasteiger partial charge is 0.321 e. The van der Waals surface area contributed by atoms with Crippen molar-refractivity contribution >= 4 is 44.5 Å². The summed E-state index contributed by atoms with van der Waals surface area (Å²) in [6, 6.07) is 15.6. The number of rotatable bonds is 9. The van der Waals surface area contributed by atoms with Gasteiger partial charge in [0.25, 0.3) is 10.0 Å². The van der Waals surface area contributed by atoms with E-state index in [1.54, 1.807) is 12.1 Å². The summed E-state index contributed by atoms with van der Waals surface area (Å²) in [4.78, 5) is 7.98. The maximum absolute atomic E-state index is 12.8. The molecule has 0 fully saturated rings. The van der Waals surface area contributed by atoms with Gasteiger partial charge < -0.3 is 20.1 Å². The largest absolute Gasteiger partial charge is 0.481 e. The van der Waals surface area contributed by atoms with Crippen LogP contribution in [0.2, 0.25) is 0 Å². The molecule has 0 spiro atoms. The zero-order valence-corrected chi connectivity index (χ0v) is 21.0. The number of hydrogen-bond acceptors (Lipinski definition) is 7. The monoisotopic (exact) mass is 501 g/mol. The Morgan fingerprint density at radius 2 is 1.56 bits per heavy atom. The van der Waals surface area contributed by atoms with E-state index in [4.69, 9.17) is 21.7 Å². The van der Waals surface area contributed by atoms with Gasteiger partial charge in [-0.3, -0.25) is 4.72 Å². The molecule has 1 aromatic heterocycles. The minimum absolute atomic E-state index is 0.0212. The lowest BCUT2D eigenvalue weighted by Gasteiger charge is -2.13. The highest BCUT2D eigenvalue weighted by Gasteiger charge is 2.17. The molecule has 0 saturated heterocycles. The van der Waals surface area contributed by atoms with Crippen LogP contribution in [0, 0.1) is 0 Å². The van der Waals surface area contributed by atoms with Gasteiger partial charge in [0.15, 0.2) is 10.9 Å². The zero-order valence-electron chi connectivity index (χ0n) is 19.3. The molecule has 0 aliphatic rings. The third kappa shape index (κ3) is 6.55. The van der Waals surface area contributed by atoms with Gasteiger partial charge in [0.2, 0.25) is 5.88 Å². The molecule has 1 atom stereocenters. The van der Waals surface area contributed by atoms with Gasteiger partial charge in [-0.05, 0) is 66.5 Å². The number of anilines is 3. The van der Waals surface area contributed by atoms with Crippen LogP contribution < -0.4 is 24.8 Å². The molecule has 34 heavy (non-hydrogen) atoms. The molecule has 3 aromatic rings. The molecule has 0 amide bonds. The van der Waals surface area contributed by atoms with Crippen LogP contribution in [0.5, 0.6) is 11.9 Å². The van der Waals surface area contributed by atoms with Gasteiger partial charge in [0, 0.05) is 17.4 Å². The molecule has 1 heterocycles. The Balaban J connectivity index is 1.64. The van der Waals surface area contributed by atoms with Crippen molar-refractivity contribution in [1.82, 2.24) is 9.97 Å². The van der Waals surface area contributed by atoms with Crippen LogP contribution in [0.1, 0.15) is 31.7 Å². The molecular formula is C23H27N5O4S2. The first-order valence-electron chi connectivity index (χ1n) is 10.5. The van der Waals surface area contributed by atoms with E-state index in [2.05, 4.69) is 51.3 Å². The highest BCUT2D eigenvalue weighted by molar-refractivity contribution is 7.92. The highest BCUT2D eigenvalue weighted by Crippen LogP contribution is 2.23. The Morgan fingerprint density at radius 1 is 0.971 bits per heavy atom. The second-order valence-electron chi connectivity index (χ2n) is 7.42. The second-order valence-corrected chi connectivity index (χ2v) is 9.51. The van der Waals surface area contributed by atoms with Crippen LogP contribution in [-0.4, -0.2) is 37.7 Å². The Labute approximate surface area is 205 Å². The molecule has 3 rings (SSSR count). The minimum atomic E-state index is -3.90. The fourth-order valence-electron chi connectivity index (χ4n) is 2.99. The summed E-state index contributed by atoms with van der Waals surface area (Å²) >= 11 is 5.37. The minimum Gasteiger partial charge on any atom is -0.481 e. The van der Waals surface area contributed by atoms with Crippen molar-refractivity contribution in [3.05, 3.63) is 60.2 Å². The Kier molecular flexibility index (Phi) is 8.24. The molecule has 0 bridgehead atoms. The van der Waals surface area contributed by atoms with Gasteiger partial charge in [0.05, 0.1) is 19.1 Å². The standard InChI is InChI=1S/C23H27N5O4S2/c1-5-15(2)16-6-8-17(9-7-16)24-23(33)25-18-10-12-19(13-11-18)34(29,30)28-20-14-21(31-3)27-22(26-20)32-4/h6-15H,5H2,1-4H3,(H2,24,25,33)(H,26,27,28). The van der Waals surface area contributed by atoms with E-state index < -0.39 is 10.0 Å². The van der Waals surface area contributed by atoms with Gasteiger partial charge in [-0.1, -0.05) is 26.0 Å². The lowest BCUT2D eigenvalue weighted by atomic mass is 9.99. The number of benzene rings is 2. The fourth-order valence-corrected chi connectivity index (χ4v) is 4.22. The second kappa shape index (κ2) is 11.1. The Hall–Kier alpha value is -3.44. The SMILES string of the molecule is CCC(C)c1ccc(NC(=S)Nc2ccc(S(=O)(=O)Nc3cc(OC)nc(OC)n3)cc2)cc1. The topological polar surface area (TPSA) is 114 Å². The molecule has 9 nitrogen and oxygen atoms in total. The number of ether oxygens (including phenoxy) is 2. The number of aromatic nitrogens is 2. The molecule has 1 unspecified atom stereocenters. The van der Waals surface area contributed by atoms with Crippen LogP contribution in [0.15, 0.2) is 59.5 Å². The molecular weight excluding hydrogens is 474 g/mol. The summed E-state index contributed by atoms with van der Waals surface area (Å²) in [5.41, 5.74) is 2.78. The van der Waals surface area contributed by atoms with Crippen molar-refractivity contribution in [1.29, 1.82) is 0 Å². The summed E-state index contributed by atoms with van der Waals surface area (Å²) in [5, 5.41) is 6.57. The van der Waals surface area contributed by atoms with E-state index in [9.17, 15) is 8.42 Å². The van der Waals surface area contributed by atoms with Crippen molar-refractivity contribution in [2.24, 2.45) is 0 Å². The molecule has 3 N–H and O–H groups in total. The lowest BCUT2D eigenvalue weighted by Crippen LogP contribution is -2.19. The van der Waals surface area contributed by atoms with Gasteiger partial charge >= 0.3 is 6.01 Å². The van der Waals surface area contributed by atoms with Gasteiger partial charge in [-0.2, -0.15) is 9.97 Å². The molecule has 0 aliphatic heterocycles. The van der Waals surface area contributed by atoms with Crippen molar-refractivity contribution in [2.75, 3.05) is 29.6 Å². The quantitative estimate of drug-likeness (QED) is 0.361. The Bertz CT molecular complexity index is 1210. The van der Waals surface area contributed by atoms with E-state index in [-0.39, 0.29) is 22.6 Å². The first-order valence-corrected chi connectivity index (χ1v) is 12.4. The van der Waals surface area contributed by atoms with E-state index in [1.165, 1.54) is 38.0 Å². The summed E-state index contributed by atoms with van der Waals surface area (Å²) in [6.45, 7) is 4.35. The average Bonchev–Trinajstić information content (AvgIpc) is 2.83. The van der Waals surface area contributed by atoms with Crippen LogP contribution in [0.4, 0.5) is 17.2 Å². The molecule has 180 valence electrons. The van der Waals surface area contributed by atoms with Gasteiger partial charge in [-0.25, -0.2) is 8.42 Å². The van der Waals surface area contributed by atoms with Crippen molar-refractivity contribution in [2.45, 2.75) is 31.1 Å². The first-order chi connectivity index (χ1) is 16.2. The summed E-state index contributed by atoms with van der Waals surface area (Å²) in [6.07, 6.45) is 1.08. The first kappa shape index (κ1) is 25.2. The van der Waals surface area contributed by atoms with Gasteiger partial charge in [0.1, 0.15) is 0 Å². The molecule has 0 aliphatic carbocycles. The number of sulfonamides is 1. The average molecular weight is 502 g/mol. The summed E-state index contributed by atoms with van der Waals surface area (Å²) in [5.74, 6) is 0.692. The molecule has 0 radical (unpaired) electrons. The number of thiocarbonyl (C=S) groups is 1. The van der Waals surface area contributed by atoms with E-state index in [0.29, 0.717) is 16.7 Å². The predicted molar refractivity (Wildman–Crippen MR) is 137 cm³/mol. The number of methoxy groups -OCH3 is 2. The predicted octanol–water partition coefficient (Wildman–Crippen LogP) is 4.62. The molecule has 0 saturated carbocycles. The van der Waals surface area contributed by atoms with Crippen LogP contribution in [-0.2, 0) is 10.0 Å². The third-order valence-corrected chi connectivity index (χ3v) is 6.66. The number of nitrogens with one attached hydrogen (secondary N) is 3. The number of hydrogen-bond donors (Lipinski definition) is 3. The molecule has 11 heteroatoms. The maximum atomic E-state index is 12.8. The molecule has 2 aromatic carbocycles. The summed E-state index contributed by atoms with van der Waals surface area (Å²) < 4.78 is 37.9. The van der Waals surface area contributed by atoms with E-state index >= 15 is 0 Å². The van der Waals surface area contributed by atoms with Crippen molar-refractivity contribution in [3.63, 3.8) is 0 Å². The number of nitrogens with zero attached hydrogens (tertiary/aromatic N) is 2. The maximum Gasteiger partial charge on any atom is 0.321 e. The summed E-state index contributed by atoms with van der Waals surface area (Å²) in [7, 11) is -1.11. The van der Waals surface area contributed by atoms with Gasteiger partial charge in [-0.15, -0.1) is 0 Å². The van der Waals surface area contributed by atoms with Crippen molar-refractivity contribution < 1.29 is 17.9 Å². The Morgan fingerprint density at radius 3 is 2.09 bits per heavy atom. The van der Waals surface area contributed by atoms with E-state index in [1.807, 2.05) is 12.1 Å². The van der Waals surface area contributed by atoms with Crippen LogP contribution in [0.3, 0.4) is 0 Å². The van der Waals surface area contributed by atoms with Crippen LogP contribution in [0.25, 0.3) is 0 Å². The van der Waals surface area contributed by atoms with E-state index in [0.717, 1.165) is 12.1 Å². The highest BCUT2D eigenvalue weighted by atomic mass is 32.2.